The number of nitrogens with zero attached hydrogens (tertiary/aromatic N) is 2. The van der Waals surface area contributed by atoms with E-state index in [1.165, 1.54) is 11.9 Å². The molecule has 0 saturated carbocycles. The van der Waals surface area contributed by atoms with E-state index in [2.05, 4.69) is 5.32 Å². The van der Waals surface area contributed by atoms with E-state index in [-0.39, 0.29) is 32.0 Å². The van der Waals surface area contributed by atoms with E-state index in [1.807, 2.05) is 0 Å². The third-order valence-electron chi connectivity index (χ3n) is 3.08. The number of hydrogen-bond donors (Lipinski definition) is 3. The molecule has 3 N–H and O–H groups in total. The second-order valence-corrected chi connectivity index (χ2v) is 4.37. The maximum atomic E-state index is 12.2. The lowest BCUT2D eigenvalue weighted by molar-refractivity contribution is -0.141. The number of aliphatic hydroxyl groups is 1. The van der Waals surface area contributed by atoms with Gasteiger partial charge in [0.2, 0.25) is 5.91 Å². The SMILES string of the molecule is CCN(CC(=O)NC)C(=O)N1C[C@H](O)C[C@H]1C(=O)O. The molecule has 0 radical (unpaired) electrons. The van der Waals surface area contributed by atoms with Crippen LogP contribution in [0, 0.1) is 0 Å². The first-order valence-electron chi connectivity index (χ1n) is 6.07. The highest BCUT2D eigenvalue weighted by atomic mass is 16.4. The van der Waals surface area contributed by atoms with E-state index in [9.17, 15) is 19.5 Å². The monoisotopic (exact) mass is 273 g/mol. The minimum absolute atomic E-state index is 0.0125. The number of amides is 3. The Morgan fingerprint density at radius 1 is 1.42 bits per heavy atom. The first kappa shape index (κ1) is 15.2. The van der Waals surface area contributed by atoms with Crippen molar-refractivity contribution >= 4 is 17.9 Å². The number of likely N-dealkylation sites (N-methyl/N-ethyl adjacent to an activating group) is 2. The van der Waals surface area contributed by atoms with Crippen LogP contribution < -0.4 is 5.32 Å². The van der Waals surface area contributed by atoms with Crippen LogP contribution in [0.15, 0.2) is 0 Å². The second-order valence-electron chi connectivity index (χ2n) is 4.37. The number of carbonyl (C=O) groups is 3. The molecule has 1 rings (SSSR count). The molecule has 1 aliphatic rings. The Bertz CT molecular complexity index is 373. The van der Waals surface area contributed by atoms with Gasteiger partial charge in [-0.15, -0.1) is 0 Å². The molecule has 108 valence electrons. The lowest BCUT2D eigenvalue weighted by Gasteiger charge is -2.28. The van der Waals surface area contributed by atoms with Gasteiger partial charge in [0.15, 0.2) is 0 Å². The number of hydrogen-bond acceptors (Lipinski definition) is 4. The van der Waals surface area contributed by atoms with Gasteiger partial charge in [0.1, 0.15) is 12.6 Å². The molecule has 1 heterocycles. The third kappa shape index (κ3) is 3.57. The molecular weight excluding hydrogens is 254 g/mol. The van der Waals surface area contributed by atoms with Crippen LogP contribution in [0.3, 0.4) is 0 Å². The van der Waals surface area contributed by atoms with Crippen molar-refractivity contribution in [2.45, 2.75) is 25.5 Å². The van der Waals surface area contributed by atoms with Gasteiger partial charge < -0.3 is 25.3 Å². The molecule has 19 heavy (non-hydrogen) atoms. The molecule has 3 amide bonds. The van der Waals surface area contributed by atoms with Gasteiger partial charge in [-0.3, -0.25) is 4.79 Å². The highest BCUT2D eigenvalue weighted by molar-refractivity contribution is 5.87. The molecule has 2 atom stereocenters. The number of aliphatic hydroxyl groups excluding tert-OH is 1. The molecule has 1 aliphatic heterocycles. The maximum absolute atomic E-state index is 12.2. The fourth-order valence-electron chi connectivity index (χ4n) is 2.01. The Labute approximate surface area is 111 Å². The average molecular weight is 273 g/mol. The first-order chi connectivity index (χ1) is 8.90. The smallest absolute Gasteiger partial charge is 0.326 e. The molecule has 0 aliphatic carbocycles. The Hall–Kier alpha value is -1.83. The Morgan fingerprint density at radius 2 is 2.05 bits per heavy atom. The number of carboxylic acid groups (broad SMARTS) is 1. The predicted octanol–water partition coefficient (Wildman–Crippen LogP) is -1.31. The van der Waals surface area contributed by atoms with Gasteiger partial charge in [0, 0.05) is 26.6 Å². The van der Waals surface area contributed by atoms with Gasteiger partial charge in [-0.05, 0) is 6.92 Å². The summed E-state index contributed by atoms with van der Waals surface area (Å²) >= 11 is 0. The van der Waals surface area contributed by atoms with Crippen molar-refractivity contribution in [2.75, 3.05) is 26.7 Å². The summed E-state index contributed by atoms with van der Waals surface area (Å²) in [6.45, 7) is 1.82. The molecule has 1 fully saturated rings. The van der Waals surface area contributed by atoms with Crippen molar-refractivity contribution in [3.8, 4) is 0 Å². The molecule has 0 aromatic carbocycles. The summed E-state index contributed by atoms with van der Waals surface area (Å²) in [5.74, 6) is -1.48. The van der Waals surface area contributed by atoms with Gasteiger partial charge in [0.25, 0.3) is 0 Å². The minimum atomic E-state index is -1.15. The van der Waals surface area contributed by atoms with Crippen molar-refractivity contribution in [2.24, 2.45) is 0 Å². The average Bonchev–Trinajstić information content (AvgIpc) is 2.77. The van der Waals surface area contributed by atoms with Crippen LogP contribution in [0.25, 0.3) is 0 Å². The third-order valence-corrected chi connectivity index (χ3v) is 3.08. The van der Waals surface area contributed by atoms with Crippen LogP contribution in [0.2, 0.25) is 0 Å². The van der Waals surface area contributed by atoms with Crippen LogP contribution >= 0.6 is 0 Å². The summed E-state index contributed by atoms with van der Waals surface area (Å²) in [7, 11) is 1.46. The van der Waals surface area contributed by atoms with Gasteiger partial charge in [-0.1, -0.05) is 0 Å². The molecular formula is C11H19N3O5. The van der Waals surface area contributed by atoms with Gasteiger partial charge >= 0.3 is 12.0 Å². The molecule has 1 saturated heterocycles. The van der Waals surface area contributed by atoms with Crippen LogP contribution in [0.1, 0.15) is 13.3 Å². The van der Waals surface area contributed by atoms with E-state index in [0.29, 0.717) is 0 Å². The first-order valence-corrected chi connectivity index (χ1v) is 6.07. The van der Waals surface area contributed by atoms with Crippen molar-refractivity contribution in [3.05, 3.63) is 0 Å². The highest BCUT2D eigenvalue weighted by Crippen LogP contribution is 2.19. The van der Waals surface area contributed by atoms with Gasteiger partial charge in [-0.2, -0.15) is 0 Å². The van der Waals surface area contributed by atoms with Gasteiger partial charge in [0.05, 0.1) is 6.10 Å². The normalized spacial score (nSPS) is 22.2. The molecule has 8 nitrogen and oxygen atoms in total. The maximum Gasteiger partial charge on any atom is 0.326 e. The van der Waals surface area contributed by atoms with Crippen molar-refractivity contribution in [1.29, 1.82) is 0 Å². The molecule has 0 aromatic rings. The lowest BCUT2D eigenvalue weighted by Crippen LogP contribution is -2.50. The van der Waals surface area contributed by atoms with E-state index in [4.69, 9.17) is 5.11 Å². The number of urea groups is 1. The molecule has 0 unspecified atom stereocenters. The number of likely N-dealkylation sites (tertiary alicyclic amines) is 1. The fraction of sp³-hybridized carbons (Fsp3) is 0.727. The zero-order chi connectivity index (χ0) is 14.6. The number of carbonyl (C=O) groups excluding carboxylic acids is 2. The number of nitrogens with one attached hydrogen (secondary N) is 1. The molecule has 0 bridgehead atoms. The minimum Gasteiger partial charge on any atom is -0.480 e. The number of β-amino-alcohol motifs (C(OH)–C–C–N with tert-alkyl or cyclic N) is 1. The van der Waals surface area contributed by atoms with Crippen LogP contribution in [0.5, 0.6) is 0 Å². The summed E-state index contributed by atoms with van der Waals surface area (Å²) in [6, 6.07) is -1.59. The quantitative estimate of drug-likeness (QED) is 0.589. The Kier molecular flexibility index (Phi) is 5.11. The summed E-state index contributed by atoms with van der Waals surface area (Å²) < 4.78 is 0. The van der Waals surface area contributed by atoms with E-state index < -0.39 is 24.1 Å². The van der Waals surface area contributed by atoms with Crippen LogP contribution in [0.4, 0.5) is 4.79 Å². The van der Waals surface area contributed by atoms with Crippen molar-refractivity contribution in [3.63, 3.8) is 0 Å². The van der Waals surface area contributed by atoms with Crippen LogP contribution in [-0.2, 0) is 9.59 Å². The standard InChI is InChI=1S/C11H19N3O5/c1-3-13(6-9(16)12-2)11(19)14-5-7(15)4-8(14)10(17)18/h7-8,15H,3-6H2,1-2H3,(H,12,16)(H,17,18)/t7-,8+/m1/s1. The molecule has 0 spiro atoms. The van der Waals surface area contributed by atoms with E-state index in [1.54, 1.807) is 6.92 Å². The summed E-state index contributed by atoms with van der Waals surface area (Å²) in [6.07, 6.45) is -0.831. The zero-order valence-electron chi connectivity index (χ0n) is 11.0. The lowest BCUT2D eigenvalue weighted by atomic mass is 10.2. The topological polar surface area (TPSA) is 110 Å². The number of carboxylic acids is 1. The molecule has 0 aromatic heterocycles. The highest BCUT2D eigenvalue weighted by Gasteiger charge is 2.40. The van der Waals surface area contributed by atoms with E-state index >= 15 is 0 Å². The Balaban J connectivity index is 2.78. The summed E-state index contributed by atoms with van der Waals surface area (Å²) in [5.41, 5.74) is 0. The number of aliphatic carboxylic acids is 1. The zero-order valence-corrected chi connectivity index (χ0v) is 11.0. The predicted molar refractivity (Wildman–Crippen MR) is 65.5 cm³/mol. The van der Waals surface area contributed by atoms with Crippen LogP contribution in [-0.4, -0.2) is 76.7 Å². The largest absolute Gasteiger partial charge is 0.480 e. The second kappa shape index (κ2) is 6.37. The van der Waals surface area contributed by atoms with E-state index in [0.717, 1.165) is 4.90 Å². The summed E-state index contributed by atoms with van der Waals surface area (Å²) in [4.78, 5) is 36.9. The van der Waals surface area contributed by atoms with Crippen molar-refractivity contribution < 1.29 is 24.6 Å². The number of rotatable bonds is 4. The molecule has 8 heteroatoms. The fourth-order valence-corrected chi connectivity index (χ4v) is 2.01. The summed E-state index contributed by atoms with van der Waals surface area (Å²) in [5, 5.41) is 20.9. The Morgan fingerprint density at radius 3 is 2.53 bits per heavy atom. The van der Waals surface area contributed by atoms with Gasteiger partial charge in [-0.25, -0.2) is 9.59 Å². The van der Waals surface area contributed by atoms with Crippen molar-refractivity contribution in [1.82, 2.24) is 15.1 Å².